The molecule has 2 saturated heterocycles. The summed E-state index contributed by atoms with van der Waals surface area (Å²) < 4.78 is 12.2. The SMILES string of the molecule is COc1c(CN2O[C@@H](CO)[C@@H]([C@H](C)O)[C@H]2C(=O)N[C@H]2C[C@H]3C[C@@H]([C@@H]2C)C3(C)C)cccc1-c1cc(C(=O)N[C@@H](Cc2cccc(N(C)CCO)c2)CN(C)C)cc(N(C)C)c1.COc1c(CN2O[C@@H](CO)[C@@H]([C@H](C)O)[C@H]2C(=O)N[C@H]2C[C@H]3C[C@@H]([C@@H]2C)C3(C)C)cccc1-c1cc(NCCO)cc(C(=O)N[C@@H](Cc2ccccn2)CN(C)C)c1. The smallest absolute Gasteiger partial charge is 0.251 e. The quantitative estimate of drug-likeness (QED) is 0.0179. The Morgan fingerprint density at radius 3 is 1.50 bits per heavy atom. The van der Waals surface area contributed by atoms with E-state index in [0.29, 0.717) is 113 Å². The number of fused-ring (bicyclic) bond motifs is 4. The third-order valence-electron chi connectivity index (χ3n) is 26.6. The zero-order chi connectivity index (χ0) is 85.4. The molecule has 4 bridgehead atoms. The molecule has 26 nitrogen and oxygen atoms in total. The van der Waals surface area contributed by atoms with E-state index in [-0.39, 0.29) is 105 Å². The van der Waals surface area contributed by atoms with E-state index >= 15 is 0 Å². The van der Waals surface area contributed by atoms with Crippen LogP contribution in [-0.4, -0.2) is 256 Å². The highest BCUT2D eigenvalue weighted by molar-refractivity contribution is 5.98. The van der Waals surface area contributed by atoms with Gasteiger partial charge in [-0.2, -0.15) is 10.1 Å². The monoisotopic (exact) mass is 1630 g/mol. The molecule has 0 spiro atoms. The van der Waals surface area contributed by atoms with Crippen LogP contribution in [0.15, 0.2) is 121 Å². The van der Waals surface area contributed by atoms with Crippen molar-refractivity contribution in [3.8, 4) is 33.8 Å². The maximum absolute atomic E-state index is 14.4. The van der Waals surface area contributed by atoms with Gasteiger partial charge in [-0.1, -0.05) is 96.1 Å². The van der Waals surface area contributed by atoms with Crippen molar-refractivity contribution in [3.63, 3.8) is 0 Å². The number of aliphatic hydroxyl groups is 6. The lowest BCUT2D eigenvalue weighted by Crippen LogP contribution is -2.62. The number of pyridine rings is 1. The van der Waals surface area contributed by atoms with E-state index in [9.17, 15) is 49.8 Å². The molecule has 18 atom stereocenters. The van der Waals surface area contributed by atoms with Crippen LogP contribution in [-0.2, 0) is 45.2 Å². The van der Waals surface area contributed by atoms with Crippen molar-refractivity contribution in [2.75, 3.05) is 131 Å². The number of aromatic nitrogens is 1. The Hall–Kier alpha value is -8.35. The van der Waals surface area contributed by atoms with Crippen molar-refractivity contribution < 1.29 is 69.0 Å². The topological polar surface area (TPSA) is 319 Å². The van der Waals surface area contributed by atoms with Gasteiger partial charge in [-0.25, -0.2) is 0 Å². The van der Waals surface area contributed by atoms with E-state index in [1.807, 2.05) is 161 Å². The highest BCUT2D eigenvalue weighted by atomic mass is 16.7. The van der Waals surface area contributed by atoms with Crippen LogP contribution in [0.25, 0.3) is 22.3 Å². The molecule has 4 amide bonds. The lowest BCUT2D eigenvalue weighted by molar-refractivity contribution is -0.183. The van der Waals surface area contributed by atoms with Crippen LogP contribution in [0.5, 0.6) is 11.5 Å². The molecule has 644 valence electrons. The van der Waals surface area contributed by atoms with E-state index in [4.69, 9.17) is 19.1 Å². The Bertz CT molecular complexity index is 4370. The number of hydrogen-bond acceptors (Lipinski definition) is 22. The van der Waals surface area contributed by atoms with Crippen LogP contribution in [0, 0.1) is 58.2 Å². The second-order valence-electron chi connectivity index (χ2n) is 36.0. The average molecular weight is 1630 g/mol. The van der Waals surface area contributed by atoms with Gasteiger partial charge in [0.25, 0.3) is 11.8 Å². The maximum atomic E-state index is 14.4. The van der Waals surface area contributed by atoms with Gasteiger partial charge in [0.05, 0.1) is 65.9 Å². The number of para-hydroxylation sites is 2. The number of likely N-dealkylation sites (N-methyl/N-ethyl adjacent to an activating group) is 3. The molecule has 6 aliphatic carbocycles. The number of ether oxygens (including phenoxy) is 2. The molecule has 1 aromatic heterocycles. The first-order valence-electron chi connectivity index (χ1n) is 42.1. The zero-order valence-corrected chi connectivity index (χ0v) is 72.3. The molecule has 5 aromatic carbocycles. The van der Waals surface area contributed by atoms with Crippen molar-refractivity contribution in [2.45, 2.75) is 168 Å². The number of nitrogens with one attached hydrogen (secondary N) is 5. The molecule has 14 rings (SSSR count). The number of aliphatic hydroxyl groups excluding tert-OH is 6. The summed E-state index contributed by atoms with van der Waals surface area (Å²) in [5.74, 6) is 1.70. The third-order valence-corrected chi connectivity index (χ3v) is 26.6. The normalized spacial score (nSPS) is 25.8. The predicted octanol–water partition coefficient (Wildman–Crippen LogP) is 8.14. The van der Waals surface area contributed by atoms with Crippen LogP contribution >= 0.6 is 0 Å². The number of rotatable bonds is 35. The number of carbonyl (C=O) groups is 4. The molecule has 8 fully saturated rings. The Morgan fingerprint density at radius 2 is 1.07 bits per heavy atom. The third kappa shape index (κ3) is 20.5. The van der Waals surface area contributed by atoms with Crippen molar-refractivity contribution in [3.05, 3.63) is 155 Å². The van der Waals surface area contributed by atoms with Gasteiger partial charge in [0.15, 0.2) is 0 Å². The Kier molecular flexibility index (Phi) is 30.2. The first-order valence-corrected chi connectivity index (χ1v) is 42.1. The van der Waals surface area contributed by atoms with E-state index in [1.54, 1.807) is 50.5 Å². The fourth-order valence-corrected chi connectivity index (χ4v) is 20.0. The molecule has 8 aliphatic rings. The van der Waals surface area contributed by atoms with Crippen LogP contribution in [0.3, 0.4) is 0 Å². The summed E-state index contributed by atoms with van der Waals surface area (Å²) in [5, 5.41) is 81.5. The number of hydrogen-bond donors (Lipinski definition) is 11. The van der Waals surface area contributed by atoms with Crippen molar-refractivity contribution in [1.82, 2.24) is 46.2 Å². The fourth-order valence-electron chi connectivity index (χ4n) is 20.0. The second-order valence-corrected chi connectivity index (χ2v) is 36.0. The lowest BCUT2D eigenvalue weighted by Gasteiger charge is -2.62. The number of methoxy groups -OCH3 is 2. The highest BCUT2D eigenvalue weighted by Gasteiger charge is 2.59. The largest absolute Gasteiger partial charge is 0.496 e. The Labute approximate surface area is 698 Å². The van der Waals surface area contributed by atoms with Gasteiger partial charge in [0.1, 0.15) is 35.8 Å². The van der Waals surface area contributed by atoms with Gasteiger partial charge in [-0.15, -0.1) is 0 Å². The minimum atomic E-state index is -0.924. The molecule has 6 aromatic rings. The molecule has 11 N–H and O–H groups in total. The fraction of sp³-hybridized carbons (Fsp3) is 0.576. The molecular formula is C92H132N12O14. The molecule has 6 saturated carbocycles. The van der Waals surface area contributed by atoms with Crippen molar-refractivity contribution in [2.24, 2.45) is 58.2 Å². The van der Waals surface area contributed by atoms with Crippen LogP contribution < -0.4 is 45.9 Å². The van der Waals surface area contributed by atoms with Crippen molar-refractivity contribution in [1.29, 1.82) is 0 Å². The maximum Gasteiger partial charge on any atom is 0.251 e. The van der Waals surface area contributed by atoms with Gasteiger partial charge in [-0.3, -0.25) is 33.8 Å². The summed E-state index contributed by atoms with van der Waals surface area (Å²) in [6, 6.07) is 34.6. The summed E-state index contributed by atoms with van der Waals surface area (Å²) in [7, 11) is 16.9. The summed E-state index contributed by atoms with van der Waals surface area (Å²) in [5.41, 5.74) is 10.3. The number of hydroxylamine groups is 4. The van der Waals surface area contributed by atoms with E-state index < -0.39 is 48.3 Å². The van der Waals surface area contributed by atoms with Gasteiger partial charge in [-0.05, 0) is 198 Å². The van der Waals surface area contributed by atoms with Gasteiger partial charge >= 0.3 is 0 Å². The van der Waals surface area contributed by atoms with E-state index in [1.165, 1.54) is 12.8 Å². The number of nitrogens with zero attached hydrogens (tertiary/aromatic N) is 7. The number of benzene rings is 5. The molecule has 0 unspecified atom stereocenters. The van der Waals surface area contributed by atoms with Crippen LogP contribution in [0.1, 0.15) is 124 Å². The first kappa shape index (κ1) is 90.4. The zero-order valence-electron chi connectivity index (χ0n) is 72.3. The highest BCUT2D eigenvalue weighted by Crippen LogP contribution is 2.62. The molecular weight excluding hydrogens is 1500 g/mol. The minimum Gasteiger partial charge on any atom is -0.496 e. The minimum absolute atomic E-state index is 0.0168. The summed E-state index contributed by atoms with van der Waals surface area (Å²) in [4.78, 5) is 82.0. The first-order chi connectivity index (χ1) is 56.2. The van der Waals surface area contributed by atoms with Gasteiger partial charge in [0.2, 0.25) is 11.8 Å². The summed E-state index contributed by atoms with van der Waals surface area (Å²) >= 11 is 0. The Morgan fingerprint density at radius 1 is 0.576 bits per heavy atom. The van der Waals surface area contributed by atoms with E-state index in [0.717, 1.165) is 52.2 Å². The summed E-state index contributed by atoms with van der Waals surface area (Å²) in [6.45, 7) is 18.6. The molecule has 2 aliphatic heterocycles. The van der Waals surface area contributed by atoms with Crippen molar-refractivity contribution >= 4 is 40.7 Å². The van der Waals surface area contributed by atoms with Crippen LogP contribution in [0.4, 0.5) is 17.1 Å². The number of carbonyl (C=O) groups excluding carboxylic acids is 4. The van der Waals surface area contributed by atoms with Gasteiger partial charge < -0.3 is 86.3 Å². The van der Waals surface area contributed by atoms with Crippen LogP contribution in [0.2, 0.25) is 0 Å². The molecule has 118 heavy (non-hydrogen) atoms. The number of anilines is 3. The standard InChI is InChI=1S/C48H70N6O7.C44H62N6O7/c1-29-40-24-35(48(40,3)4)25-41(29)50-47(59)44-43(30(2)57)42(28-56)61-54(44)26-32-14-12-16-39(45(32)60-10)33-21-34(23-38(22-33)52(7)8)46(58)49-36(27-51(5)6)19-31-13-11-15-37(20-31)53(9)17-18-55;1-26-36-20-31(44(36,3)4)21-37(26)48-43(55)40-39(27(2)53)38(25-52)57-50(40)23-28-11-10-13-35(41(28)56-7)29-17-30(19-33(18-29)46-15-16-51)42(54)47-34(24-49(5)6)22-32-12-8-9-14-45-32/h11-16,20-23,29-30,35-36,40-44,55-57H,17-19,24-28H2,1-10H3,(H,49,58)(H,50,59);8-14,17-19,26-27,31,34,36-40,46,51-53H,15-16,20-25H2,1-7H3,(H,47,54)(H,48,55)/t29-,30-,35+,36-,40-,41-,42-,43+,44-;26-,27-,31+,34-,36-,37-,38-,39+,40-/m00/s1. The molecule has 0 radical (unpaired) electrons. The second kappa shape index (κ2) is 39.5. The molecule has 3 heterocycles. The predicted molar refractivity (Wildman–Crippen MR) is 460 cm³/mol. The Balaban J connectivity index is 0.000000232. The van der Waals surface area contributed by atoms with Gasteiger partial charge in [0, 0.05) is 152 Å². The molecule has 26 heteroatoms. The average Bonchev–Trinajstić information content (AvgIpc) is 0.827. The van der Waals surface area contributed by atoms with E-state index in [2.05, 4.69) is 90.1 Å². The summed E-state index contributed by atoms with van der Waals surface area (Å²) in [6.07, 6.45) is 3.74. The number of amides is 4. The lowest BCUT2D eigenvalue weighted by atomic mass is 9.45.